The van der Waals surface area contributed by atoms with Crippen LogP contribution in [0.5, 0.6) is 0 Å². The van der Waals surface area contributed by atoms with Gasteiger partial charge in [-0.05, 0) is 25.0 Å². The summed E-state index contributed by atoms with van der Waals surface area (Å²) in [7, 11) is 0. The number of fused-ring (bicyclic) bond motifs is 1. The van der Waals surface area contributed by atoms with Crippen molar-refractivity contribution in [1.82, 2.24) is 9.38 Å². The van der Waals surface area contributed by atoms with E-state index in [0.29, 0.717) is 24.5 Å². The highest BCUT2D eigenvalue weighted by molar-refractivity contribution is 5.94. The zero-order valence-corrected chi connectivity index (χ0v) is 10.4. The number of hydrogen-bond donors (Lipinski definition) is 2. The van der Waals surface area contributed by atoms with Crippen molar-refractivity contribution in [2.75, 3.05) is 18.9 Å². The number of carboxylic acids is 1. The van der Waals surface area contributed by atoms with E-state index < -0.39 is 5.97 Å². The van der Waals surface area contributed by atoms with Gasteiger partial charge in [-0.2, -0.15) is 0 Å². The molecule has 2 aromatic rings. The summed E-state index contributed by atoms with van der Waals surface area (Å²) >= 11 is 0. The standard InChI is InChI=1S/C13H15N3O3/c14-10-3-1-2-9-11(13(17)18)15-12(16(9)10)8-4-6-19-7-5-8/h1-3,8H,4-7,14H2,(H,17,18). The molecule has 0 radical (unpaired) electrons. The quantitative estimate of drug-likeness (QED) is 0.855. The van der Waals surface area contributed by atoms with Crippen LogP contribution in [0.1, 0.15) is 35.1 Å². The Morgan fingerprint density at radius 2 is 2.16 bits per heavy atom. The van der Waals surface area contributed by atoms with Gasteiger partial charge in [-0.15, -0.1) is 0 Å². The molecule has 0 saturated carbocycles. The van der Waals surface area contributed by atoms with Crippen molar-refractivity contribution in [3.63, 3.8) is 0 Å². The molecule has 0 aliphatic carbocycles. The summed E-state index contributed by atoms with van der Waals surface area (Å²) in [6, 6.07) is 5.23. The molecule has 1 aliphatic heterocycles. The van der Waals surface area contributed by atoms with Crippen LogP contribution < -0.4 is 5.73 Å². The third kappa shape index (κ3) is 1.94. The first kappa shape index (κ1) is 12.0. The molecule has 0 spiro atoms. The minimum atomic E-state index is -1.03. The van der Waals surface area contributed by atoms with E-state index in [2.05, 4.69) is 4.98 Å². The summed E-state index contributed by atoms with van der Waals surface area (Å²) in [4.78, 5) is 15.6. The Bertz CT molecular complexity index is 629. The number of anilines is 1. The maximum Gasteiger partial charge on any atom is 0.356 e. The van der Waals surface area contributed by atoms with E-state index in [1.165, 1.54) is 0 Å². The summed E-state index contributed by atoms with van der Waals surface area (Å²) in [5.74, 6) is 0.410. The number of rotatable bonds is 2. The van der Waals surface area contributed by atoms with Crippen LogP contribution in [-0.2, 0) is 4.74 Å². The van der Waals surface area contributed by atoms with Gasteiger partial charge in [0.2, 0.25) is 0 Å². The third-order valence-corrected chi connectivity index (χ3v) is 3.51. The second kappa shape index (κ2) is 4.55. The van der Waals surface area contributed by atoms with Crippen molar-refractivity contribution >= 4 is 17.3 Å². The van der Waals surface area contributed by atoms with Crippen molar-refractivity contribution in [1.29, 1.82) is 0 Å². The molecule has 2 aromatic heterocycles. The number of nitrogen functional groups attached to an aromatic ring is 1. The number of carboxylic acid groups (broad SMARTS) is 1. The lowest BCUT2D eigenvalue weighted by molar-refractivity contribution is 0.0692. The Morgan fingerprint density at radius 3 is 2.84 bits per heavy atom. The highest BCUT2D eigenvalue weighted by Gasteiger charge is 2.25. The van der Waals surface area contributed by atoms with Crippen LogP contribution in [0.3, 0.4) is 0 Å². The normalized spacial score (nSPS) is 16.8. The first-order valence-electron chi connectivity index (χ1n) is 6.26. The first-order valence-corrected chi connectivity index (χ1v) is 6.26. The lowest BCUT2D eigenvalue weighted by Gasteiger charge is -2.21. The van der Waals surface area contributed by atoms with E-state index in [-0.39, 0.29) is 11.6 Å². The fraction of sp³-hybridized carbons (Fsp3) is 0.385. The van der Waals surface area contributed by atoms with Crippen molar-refractivity contribution < 1.29 is 14.6 Å². The minimum Gasteiger partial charge on any atom is -0.476 e. The highest BCUT2D eigenvalue weighted by Crippen LogP contribution is 2.29. The number of imidazole rings is 1. The van der Waals surface area contributed by atoms with Crippen molar-refractivity contribution in [2.45, 2.75) is 18.8 Å². The summed E-state index contributed by atoms with van der Waals surface area (Å²) in [6.07, 6.45) is 1.68. The van der Waals surface area contributed by atoms with Crippen molar-refractivity contribution in [2.24, 2.45) is 0 Å². The monoisotopic (exact) mass is 261 g/mol. The van der Waals surface area contributed by atoms with Gasteiger partial charge in [0.25, 0.3) is 0 Å². The number of carbonyl (C=O) groups is 1. The van der Waals surface area contributed by atoms with Gasteiger partial charge in [-0.1, -0.05) is 6.07 Å². The molecule has 100 valence electrons. The Hall–Kier alpha value is -2.08. The maximum absolute atomic E-state index is 11.3. The number of aromatic carboxylic acids is 1. The van der Waals surface area contributed by atoms with Gasteiger partial charge < -0.3 is 15.6 Å². The summed E-state index contributed by atoms with van der Waals surface area (Å²) in [5, 5.41) is 9.24. The Kier molecular flexibility index (Phi) is 2.87. The lowest BCUT2D eigenvalue weighted by Crippen LogP contribution is -2.17. The topological polar surface area (TPSA) is 89.9 Å². The minimum absolute atomic E-state index is 0.0637. The Labute approximate surface area is 109 Å². The first-order chi connectivity index (χ1) is 9.18. The molecule has 1 saturated heterocycles. The second-order valence-corrected chi connectivity index (χ2v) is 4.68. The number of aromatic nitrogens is 2. The number of nitrogens with zero attached hydrogens (tertiary/aromatic N) is 2. The SMILES string of the molecule is Nc1cccc2c(C(=O)O)nc(C3CCOCC3)n12. The van der Waals surface area contributed by atoms with Gasteiger partial charge >= 0.3 is 5.97 Å². The van der Waals surface area contributed by atoms with Crippen LogP contribution in [0.25, 0.3) is 5.52 Å². The zero-order chi connectivity index (χ0) is 13.4. The molecule has 19 heavy (non-hydrogen) atoms. The molecular formula is C13H15N3O3. The summed E-state index contributed by atoms with van der Waals surface area (Å²) in [6.45, 7) is 1.35. The van der Waals surface area contributed by atoms with Crippen molar-refractivity contribution in [3.05, 3.63) is 29.7 Å². The van der Waals surface area contributed by atoms with Crippen LogP contribution in [-0.4, -0.2) is 33.7 Å². The molecule has 3 N–H and O–H groups in total. The molecule has 0 amide bonds. The average Bonchev–Trinajstić information content (AvgIpc) is 2.81. The van der Waals surface area contributed by atoms with Gasteiger partial charge in [0.1, 0.15) is 11.6 Å². The number of pyridine rings is 1. The van der Waals surface area contributed by atoms with Gasteiger partial charge in [-0.25, -0.2) is 9.78 Å². The van der Waals surface area contributed by atoms with Gasteiger partial charge in [0.05, 0.1) is 5.52 Å². The second-order valence-electron chi connectivity index (χ2n) is 4.68. The Morgan fingerprint density at radius 1 is 1.42 bits per heavy atom. The molecule has 3 rings (SSSR count). The van der Waals surface area contributed by atoms with Gasteiger partial charge in [0.15, 0.2) is 5.69 Å². The van der Waals surface area contributed by atoms with E-state index >= 15 is 0 Å². The molecule has 0 aromatic carbocycles. The molecule has 6 nitrogen and oxygen atoms in total. The largest absolute Gasteiger partial charge is 0.476 e. The number of ether oxygens (including phenoxy) is 1. The van der Waals surface area contributed by atoms with Crippen LogP contribution in [0.4, 0.5) is 5.82 Å². The Balaban J connectivity index is 2.20. The summed E-state index contributed by atoms with van der Waals surface area (Å²) < 4.78 is 7.08. The fourth-order valence-corrected chi connectivity index (χ4v) is 2.58. The van der Waals surface area contributed by atoms with E-state index in [0.717, 1.165) is 18.7 Å². The van der Waals surface area contributed by atoms with E-state index in [1.807, 2.05) is 0 Å². The summed E-state index contributed by atoms with van der Waals surface area (Å²) in [5.41, 5.74) is 6.59. The van der Waals surface area contributed by atoms with Gasteiger partial charge in [-0.3, -0.25) is 4.40 Å². The molecule has 0 bridgehead atoms. The average molecular weight is 261 g/mol. The molecule has 1 fully saturated rings. The molecule has 6 heteroatoms. The lowest BCUT2D eigenvalue weighted by atomic mass is 9.99. The van der Waals surface area contributed by atoms with E-state index in [9.17, 15) is 9.90 Å². The van der Waals surface area contributed by atoms with Crippen LogP contribution in [0.15, 0.2) is 18.2 Å². The smallest absolute Gasteiger partial charge is 0.356 e. The van der Waals surface area contributed by atoms with E-state index in [4.69, 9.17) is 10.5 Å². The van der Waals surface area contributed by atoms with Gasteiger partial charge in [0, 0.05) is 19.1 Å². The fourth-order valence-electron chi connectivity index (χ4n) is 2.58. The van der Waals surface area contributed by atoms with E-state index in [1.54, 1.807) is 22.6 Å². The maximum atomic E-state index is 11.3. The third-order valence-electron chi connectivity index (χ3n) is 3.51. The highest BCUT2D eigenvalue weighted by atomic mass is 16.5. The molecule has 0 unspecified atom stereocenters. The zero-order valence-electron chi connectivity index (χ0n) is 10.4. The predicted molar refractivity (Wildman–Crippen MR) is 69.4 cm³/mol. The predicted octanol–water partition coefficient (Wildman–Crippen LogP) is 1.51. The number of nitrogens with two attached hydrogens (primary N) is 1. The molecule has 0 atom stereocenters. The molecular weight excluding hydrogens is 246 g/mol. The van der Waals surface area contributed by atoms with Crippen LogP contribution >= 0.6 is 0 Å². The van der Waals surface area contributed by atoms with Crippen molar-refractivity contribution in [3.8, 4) is 0 Å². The van der Waals surface area contributed by atoms with Crippen LogP contribution in [0.2, 0.25) is 0 Å². The molecule has 1 aliphatic rings. The van der Waals surface area contributed by atoms with Crippen LogP contribution in [0, 0.1) is 0 Å². The number of hydrogen-bond acceptors (Lipinski definition) is 4. The molecule has 3 heterocycles.